The number of hydrogen-bond donors (Lipinski definition) is 1. The lowest BCUT2D eigenvalue weighted by atomic mass is 10.1. The number of carbonyl (C=O) groups is 2. The standard InChI is InChI=1S/C22H17F3N2O4/c23-22(24,25)16-5-1-3-14(9-16)4-2-8-26-21(29)15-10-20(28)27(12-15)17-6-7-18-19(11-17)31-13-30-18/h1,3,5-7,9,11,15H,8,10,12-13H2,(H,26,29)/t15-/m0/s1. The van der Waals surface area contributed by atoms with Crippen molar-refractivity contribution in [3.05, 3.63) is 53.6 Å². The number of alkyl halides is 3. The molecule has 2 aromatic carbocycles. The summed E-state index contributed by atoms with van der Waals surface area (Å²) in [4.78, 5) is 26.3. The summed E-state index contributed by atoms with van der Waals surface area (Å²) >= 11 is 0. The smallest absolute Gasteiger partial charge is 0.416 e. The van der Waals surface area contributed by atoms with Gasteiger partial charge in [-0.05, 0) is 30.3 Å². The monoisotopic (exact) mass is 430 g/mol. The number of nitrogens with one attached hydrogen (secondary N) is 1. The van der Waals surface area contributed by atoms with Crippen LogP contribution in [0.5, 0.6) is 11.5 Å². The maximum absolute atomic E-state index is 12.7. The maximum atomic E-state index is 12.7. The minimum Gasteiger partial charge on any atom is -0.454 e. The third-order valence-electron chi connectivity index (χ3n) is 4.94. The Labute approximate surface area is 175 Å². The quantitative estimate of drug-likeness (QED) is 0.761. The molecule has 6 nitrogen and oxygen atoms in total. The minimum atomic E-state index is -4.44. The van der Waals surface area contributed by atoms with Gasteiger partial charge in [0, 0.05) is 30.3 Å². The van der Waals surface area contributed by atoms with Crippen LogP contribution in [0, 0.1) is 17.8 Å². The van der Waals surface area contributed by atoms with Crippen molar-refractivity contribution < 1.29 is 32.2 Å². The fourth-order valence-corrected chi connectivity index (χ4v) is 3.38. The van der Waals surface area contributed by atoms with Crippen LogP contribution in [0.4, 0.5) is 18.9 Å². The Bertz CT molecular complexity index is 1090. The molecular formula is C22H17F3N2O4. The topological polar surface area (TPSA) is 67.9 Å². The number of nitrogens with zero attached hydrogens (tertiary/aromatic N) is 1. The molecule has 31 heavy (non-hydrogen) atoms. The molecule has 2 heterocycles. The number of hydrogen-bond acceptors (Lipinski definition) is 4. The Hall–Kier alpha value is -3.67. The third kappa shape index (κ3) is 4.58. The van der Waals surface area contributed by atoms with Gasteiger partial charge in [0.1, 0.15) is 0 Å². The molecule has 0 saturated carbocycles. The van der Waals surface area contributed by atoms with Crippen LogP contribution in [-0.2, 0) is 15.8 Å². The van der Waals surface area contributed by atoms with Gasteiger partial charge in [0.15, 0.2) is 11.5 Å². The molecule has 2 aromatic rings. The van der Waals surface area contributed by atoms with Crippen molar-refractivity contribution in [2.24, 2.45) is 5.92 Å². The highest BCUT2D eigenvalue weighted by Crippen LogP contribution is 2.37. The third-order valence-corrected chi connectivity index (χ3v) is 4.94. The van der Waals surface area contributed by atoms with Crippen molar-refractivity contribution in [3.63, 3.8) is 0 Å². The first kappa shape index (κ1) is 20.6. The highest BCUT2D eigenvalue weighted by Gasteiger charge is 2.35. The number of rotatable bonds is 3. The van der Waals surface area contributed by atoms with Crippen LogP contribution in [0.1, 0.15) is 17.5 Å². The Kier molecular flexibility index (Phi) is 5.46. The number of carbonyl (C=O) groups excluding carboxylic acids is 2. The summed E-state index contributed by atoms with van der Waals surface area (Å²) in [6.45, 7) is 0.300. The van der Waals surface area contributed by atoms with Gasteiger partial charge in [-0.25, -0.2) is 0 Å². The van der Waals surface area contributed by atoms with Crippen molar-refractivity contribution in [3.8, 4) is 23.3 Å². The zero-order chi connectivity index (χ0) is 22.0. The molecule has 0 aliphatic carbocycles. The van der Waals surface area contributed by atoms with E-state index in [-0.39, 0.29) is 43.7 Å². The average Bonchev–Trinajstić information content (AvgIpc) is 3.36. The van der Waals surface area contributed by atoms with Gasteiger partial charge in [-0.2, -0.15) is 13.2 Å². The predicted octanol–water partition coefficient (Wildman–Crippen LogP) is 2.95. The van der Waals surface area contributed by atoms with Crippen molar-refractivity contribution in [1.29, 1.82) is 0 Å². The molecule has 2 aliphatic rings. The Balaban J connectivity index is 1.33. The molecule has 1 atom stereocenters. The summed E-state index contributed by atoms with van der Waals surface area (Å²) in [5.41, 5.74) is 0.0411. The van der Waals surface area contributed by atoms with Crippen molar-refractivity contribution in [2.75, 3.05) is 24.8 Å². The summed E-state index contributed by atoms with van der Waals surface area (Å²) in [5, 5.41) is 2.62. The van der Waals surface area contributed by atoms with Crippen LogP contribution in [0.25, 0.3) is 0 Å². The second-order valence-electron chi connectivity index (χ2n) is 7.04. The molecule has 1 fully saturated rings. The van der Waals surface area contributed by atoms with Crippen molar-refractivity contribution in [2.45, 2.75) is 12.6 Å². The Morgan fingerprint density at radius 2 is 1.97 bits per heavy atom. The van der Waals surface area contributed by atoms with Gasteiger partial charge in [0.2, 0.25) is 18.6 Å². The number of anilines is 1. The van der Waals surface area contributed by atoms with Gasteiger partial charge >= 0.3 is 6.18 Å². The summed E-state index contributed by atoms with van der Waals surface area (Å²) in [6.07, 6.45) is -4.38. The van der Waals surface area contributed by atoms with E-state index in [1.807, 2.05) is 0 Å². The van der Waals surface area contributed by atoms with Crippen LogP contribution in [0.3, 0.4) is 0 Å². The maximum Gasteiger partial charge on any atom is 0.416 e. The van der Waals surface area contributed by atoms with Gasteiger partial charge in [-0.3, -0.25) is 9.59 Å². The first-order valence-electron chi connectivity index (χ1n) is 9.45. The second kappa shape index (κ2) is 8.22. The summed E-state index contributed by atoms with van der Waals surface area (Å²) < 4.78 is 48.8. The lowest BCUT2D eigenvalue weighted by Crippen LogP contribution is -2.33. The first-order chi connectivity index (χ1) is 14.8. The molecule has 9 heteroatoms. The second-order valence-corrected chi connectivity index (χ2v) is 7.04. The summed E-state index contributed by atoms with van der Waals surface area (Å²) in [7, 11) is 0. The summed E-state index contributed by atoms with van der Waals surface area (Å²) in [6, 6.07) is 9.79. The van der Waals surface area contributed by atoms with Gasteiger partial charge in [0.05, 0.1) is 18.0 Å². The molecule has 0 radical (unpaired) electrons. The van der Waals surface area contributed by atoms with Gasteiger partial charge in [-0.15, -0.1) is 0 Å². The van der Waals surface area contributed by atoms with Gasteiger partial charge < -0.3 is 19.7 Å². The van der Waals surface area contributed by atoms with E-state index < -0.39 is 17.7 Å². The van der Waals surface area contributed by atoms with Crippen molar-refractivity contribution in [1.82, 2.24) is 5.32 Å². The van der Waals surface area contributed by atoms with E-state index in [1.54, 1.807) is 18.2 Å². The molecule has 1 saturated heterocycles. The zero-order valence-electron chi connectivity index (χ0n) is 16.2. The fourth-order valence-electron chi connectivity index (χ4n) is 3.38. The largest absolute Gasteiger partial charge is 0.454 e. The molecule has 2 amide bonds. The van der Waals surface area contributed by atoms with Crippen LogP contribution >= 0.6 is 0 Å². The van der Waals surface area contributed by atoms with E-state index in [0.717, 1.165) is 12.1 Å². The normalized spacial score (nSPS) is 17.3. The minimum absolute atomic E-state index is 0.0379. The number of fused-ring (bicyclic) bond motifs is 1. The highest BCUT2D eigenvalue weighted by molar-refractivity contribution is 6.00. The number of amides is 2. The number of ether oxygens (including phenoxy) is 2. The zero-order valence-corrected chi connectivity index (χ0v) is 16.2. The number of halogens is 3. The van der Waals surface area contributed by atoms with E-state index in [9.17, 15) is 22.8 Å². The molecule has 0 spiro atoms. The first-order valence-corrected chi connectivity index (χ1v) is 9.45. The molecule has 4 rings (SSSR count). The molecular weight excluding hydrogens is 413 g/mol. The van der Waals surface area contributed by atoms with Crippen LogP contribution in [0.2, 0.25) is 0 Å². The Morgan fingerprint density at radius 1 is 1.16 bits per heavy atom. The number of benzene rings is 2. The van der Waals surface area contributed by atoms with Crippen molar-refractivity contribution >= 4 is 17.5 Å². The lowest BCUT2D eigenvalue weighted by molar-refractivity contribution is -0.137. The van der Waals surface area contributed by atoms with E-state index in [1.165, 1.54) is 17.0 Å². The molecule has 0 bridgehead atoms. The van der Waals surface area contributed by atoms with Crippen LogP contribution in [0.15, 0.2) is 42.5 Å². The van der Waals surface area contributed by atoms with Crippen LogP contribution < -0.4 is 19.7 Å². The molecule has 0 unspecified atom stereocenters. The molecule has 1 N–H and O–H groups in total. The van der Waals surface area contributed by atoms with E-state index in [0.29, 0.717) is 17.2 Å². The predicted molar refractivity (Wildman–Crippen MR) is 104 cm³/mol. The Morgan fingerprint density at radius 3 is 2.77 bits per heavy atom. The summed E-state index contributed by atoms with van der Waals surface area (Å²) in [5.74, 6) is 5.31. The molecule has 0 aromatic heterocycles. The SMILES string of the molecule is O=C(NCC#Cc1cccc(C(F)(F)F)c1)[C@H]1CC(=O)N(c2ccc3c(c2)OCO3)C1. The fraction of sp³-hybridized carbons (Fsp3) is 0.273. The molecule has 2 aliphatic heterocycles. The van der Waals surface area contributed by atoms with E-state index in [2.05, 4.69) is 17.2 Å². The average molecular weight is 430 g/mol. The van der Waals surface area contributed by atoms with Gasteiger partial charge in [-0.1, -0.05) is 17.9 Å². The van der Waals surface area contributed by atoms with E-state index >= 15 is 0 Å². The molecule has 160 valence electrons. The lowest BCUT2D eigenvalue weighted by Gasteiger charge is -2.17. The van der Waals surface area contributed by atoms with E-state index in [4.69, 9.17) is 9.47 Å². The highest BCUT2D eigenvalue weighted by atomic mass is 19.4. The van der Waals surface area contributed by atoms with Gasteiger partial charge in [0.25, 0.3) is 0 Å². The van der Waals surface area contributed by atoms with Crippen LogP contribution in [-0.4, -0.2) is 31.7 Å².